The number of fused-ring (bicyclic) bond motifs is 1. The third kappa shape index (κ3) is 2.38. The van der Waals surface area contributed by atoms with Crippen LogP contribution in [0.2, 0.25) is 6.55 Å². The van der Waals surface area contributed by atoms with E-state index in [1.54, 1.807) is 11.3 Å². The van der Waals surface area contributed by atoms with Gasteiger partial charge in [-0.15, -0.1) is 0 Å². The lowest BCUT2D eigenvalue weighted by atomic mass is 10.0. The van der Waals surface area contributed by atoms with Gasteiger partial charge in [-0.3, -0.25) is 0 Å². The van der Waals surface area contributed by atoms with E-state index in [2.05, 4.69) is 61.1 Å². The molecule has 4 heteroatoms. The fourth-order valence-electron chi connectivity index (χ4n) is 2.16. The molecule has 0 aliphatic heterocycles. The summed E-state index contributed by atoms with van der Waals surface area (Å²) >= 11 is 1.81. The molecule has 0 spiro atoms. The van der Waals surface area contributed by atoms with E-state index in [9.17, 15) is 0 Å². The fraction of sp³-hybridized carbons (Fsp3) is 0.267. The second kappa shape index (κ2) is 4.94. The van der Waals surface area contributed by atoms with Crippen molar-refractivity contribution in [3.63, 3.8) is 0 Å². The second-order valence-electron chi connectivity index (χ2n) is 5.17. The monoisotopic (exact) mass is 287 g/mol. The van der Waals surface area contributed by atoms with E-state index in [0.717, 1.165) is 16.6 Å². The summed E-state index contributed by atoms with van der Waals surface area (Å²) < 4.78 is 7.43. The standard InChI is InChI=1S/C15H17NOSSi/c1-10(2)11-6-7-12-13(9-11)17-15(16-12)19(3)14-5-4-8-18-14/h4-10,19H,1-3H3. The molecule has 0 aliphatic rings. The lowest BCUT2D eigenvalue weighted by molar-refractivity contribution is 0.640. The van der Waals surface area contributed by atoms with Crippen molar-refractivity contribution in [3.05, 3.63) is 41.3 Å². The molecule has 0 fully saturated rings. The molecule has 2 heterocycles. The summed E-state index contributed by atoms with van der Waals surface area (Å²) in [5, 5.41) is 2.12. The molecule has 3 rings (SSSR count). The third-order valence-electron chi connectivity index (χ3n) is 3.44. The van der Waals surface area contributed by atoms with E-state index in [1.165, 1.54) is 10.1 Å². The maximum Gasteiger partial charge on any atom is 0.181 e. The van der Waals surface area contributed by atoms with E-state index in [-0.39, 0.29) is 0 Å². The van der Waals surface area contributed by atoms with Gasteiger partial charge in [-0.25, -0.2) is 4.98 Å². The zero-order valence-electron chi connectivity index (χ0n) is 11.4. The van der Waals surface area contributed by atoms with Crippen LogP contribution in [0.1, 0.15) is 25.3 Å². The van der Waals surface area contributed by atoms with Crippen LogP contribution in [-0.4, -0.2) is 13.8 Å². The average Bonchev–Trinajstić information content (AvgIpc) is 3.06. The first kappa shape index (κ1) is 12.6. The normalized spacial score (nSPS) is 13.3. The maximum absolute atomic E-state index is 6.00. The van der Waals surface area contributed by atoms with Crippen LogP contribution in [0.3, 0.4) is 0 Å². The van der Waals surface area contributed by atoms with Crippen molar-refractivity contribution >= 4 is 41.2 Å². The minimum absolute atomic E-state index is 0.518. The largest absolute Gasteiger partial charge is 0.446 e. The highest BCUT2D eigenvalue weighted by Crippen LogP contribution is 2.20. The lowest BCUT2D eigenvalue weighted by Crippen LogP contribution is -2.38. The van der Waals surface area contributed by atoms with Gasteiger partial charge < -0.3 is 4.42 Å². The van der Waals surface area contributed by atoms with Crippen molar-refractivity contribution in [2.75, 3.05) is 0 Å². The molecular weight excluding hydrogens is 270 g/mol. The van der Waals surface area contributed by atoms with Crippen molar-refractivity contribution in [1.82, 2.24) is 4.98 Å². The zero-order valence-corrected chi connectivity index (χ0v) is 13.4. The van der Waals surface area contributed by atoms with Gasteiger partial charge in [0.1, 0.15) is 5.52 Å². The van der Waals surface area contributed by atoms with Crippen molar-refractivity contribution in [1.29, 1.82) is 0 Å². The average molecular weight is 287 g/mol. The number of hydrogen-bond donors (Lipinski definition) is 0. The SMILES string of the molecule is CC(C)c1ccc2nc([SiH](C)c3cccs3)oc2c1. The Morgan fingerprint density at radius 1 is 1.26 bits per heavy atom. The molecule has 2 aromatic heterocycles. The fourth-order valence-corrected chi connectivity index (χ4v) is 5.27. The summed E-state index contributed by atoms with van der Waals surface area (Å²) in [4.78, 5) is 4.67. The molecule has 1 aromatic carbocycles. The molecule has 1 unspecified atom stereocenters. The molecular formula is C15H17NOSSi. The number of nitrogens with zero attached hydrogens (tertiary/aromatic N) is 1. The Morgan fingerprint density at radius 2 is 2.11 bits per heavy atom. The molecule has 0 amide bonds. The van der Waals surface area contributed by atoms with E-state index in [1.807, 2.05) is 0 Å². The Hall–Kier alpha value is -1.39. The van der Waals surface area contributed by atoms with E-state index in [0.29, 0.717) is 5.92 Å². The minimum Gasteiger partial charge on any atom is -0.446 e. The van der Waals surface area contributed by atoms with Crippen LogP contribution in [0.15, 0.2) is 40.1 Å². The molecule has 0 N–H and O–H groups in total. The Balaban J connectivity index is 2.02. The molecule has 0 saturated carbocycles. The molecule has 3 aromatic rings. The van der Waals surface area contributed by atoms with Crippen molar-refractivity contribution < 1.29 is 4.42 Å². The predicted octanol–water partition coefficient (Wildman–Crippen LogP) is 2.98. The predicted molar refractivity (Wildman–Crippen MR) is 84.7 cm³/mol. The van der Waals surface area contributed by atoms with Gasteiger partial charge in [0, 0.05) is 0 Å². The van der Waals surface area contributed by atoms with Gasteiger partial charge in [-0.1, -0.05) is 38.6 Å². The number of rotatable bonds is 3. The Labute approximate surface area is 118 Å². The molecule has 0 radical (unpaired) electrons. The van der Waals surface area contributed by atoms with Crippen molar-refractivity contribution in [2.45, 2.75) is 26.3 Å². The summed E-state index contributed by atoms with van der Waals surface area (Å²) in [5.74, 6) is 0.518. The minimum atomic E-state index is -1.24. The van der Waals surface area contributed by atoms with Crippen LogP contribution >= 0.6 is 11.3 Å². The van der Waals surface area contributed by atoms with E-state index < -0.39 is 8.80 Å². The van der Waals surface area contributed by atoms with E-state index >= 15 is 0 Å². The van der Waals surface area contributed by atoms with Gasteiger partial charge in [0.05, 0.1) is 0 Å². The van der Waals surface area contributed by atoms with Gasteiger partial charge in [0.25, 0.3) is 0 Å². The Bertz CT molecular complexity index is 687. The second-order valence-corrected chi connectivity index (χ2v) is 9.13. The number of thiophene rings is 1. The van der Waals surface area contributed by atoms with Crippen LogP contribution in [0.5, 0.6) is 0 Å². The molecule has 1 atom stereocenters. The van der Waals surface area contributed by atoms with Crippen LogP contribution in [0.25, 0.3) is 11.1 Å². The number of aromatic nitrogens is 1. The third-order valence-corrected chi connectivity index (χ3v) is 7.64. The van der Waals surface area contributed by atoms with Gasteiger partial charge >= 0.3 is 0 Å². The molecule has 2 nitrogen and oxygen atoms in total. The number of oxazole rings is 1. The molecule has 19 heavy (non-hydrogen) atoms. The molecule has 0 aliphatic carbocycles. The first-order valence-corrected chi connectivity index (χ1v) is 9.78. The Morgan fingerprint density at radius 3 is 2.79 bits per heavy atom. The lowest BCUT2D eigenvalue weighted by Gasteiger charge is -2.03. The molecule has 0 saturated heterocycles. The highest BCUT2D eigenvalue weighted by molar-refractivity contribution is 7.23. The van der Waals surface area contributed by atoms with Gasteiger partial charge in [0.15, 0.2) is 19.9 Å². The van der Waals surface area contributed by atoms with Crippen LogP contribution in [0.4, 0.5) is 0 Å². The smallest absolute Gasteiger partial charge is 0.181 e. The quantitative estimate of drug-likeness (QED) is 0.692. The topological polar surface area (TPSA) is 26.0 Å². The number of benzene rings is 1. The van der Waals surface area contributed by atoms with Crippen LogP contribution in [0, 0.1) is 0 Å². The van der Waals surface area contributed by atoms with Crippen LogP contribution < -0.4 is 10.0 Å². The summed E-state index contributed by atoms with van der Waals surface area (Å²) in [6.07, 6.45) is 0. The highest BCUT2D eigenvalue weighted by atomic mass is 32.1. The molecule has 0 bridgehead atoms. The summed E-state index contributed by atoms with van der Waals surface area (Å²) in [7, 11) is -1.24. The Kier molecular flexibility index (Phi) is 3.29. The first-order valence-electron chi connectivity index (χ1n) is 6.59. The zero-order chi connectivity index (χ0) is 13.4. The summed E-state index contributed by atoms with van der Waals surface area (Å²) in [6, 6.07) is 10.6. The first-order chi connectivity index (χ1) is 9.15. The van der Waals surface area contributed by atoms with Gasteiger partial charge in [-0.2, -0.15) is 11.3 Å². The van der Waals surface area contributed by atoms with Crippen LogP contribution in [-0.2, 0) is 0 Å². The number of hydrogen-bond acceptors (Lipinski definition) is 3. The van der Waals surface area contributed by atoms with E-state index in [4.69, 9.17) is 4.42 Å². The van der Waals surface area contributed by atoms with Gasteiger partial charge in [0.2, 0.25) is 0 Å². The summed E-state index contributed by atoms with van der Waals surface area (Å²) in [5.41, 5.74) is 4.16. The maximum atomic E-state index is 6.00. The summed E-state index contributed by atoms with van der Waals surface area (Å²) in [6.45, 7) is 6.67. The van der Waals surface area contributed by atoms with Gasteiger partial charge in [-0.05, 0) is 33.5 Å². The van der Waals surface area contributed by atoms with Crippen molar-refractivity contribution in [2.24, 2.45) is 0 Å². The van der Waals surface area contributed by atoms with Crippen molar-refractivity contribution in [3.8, 4) is 0 Å². The highest BCUT2D eigenvalue weighted by Gasteiger charge is 2.18. The molecule has 98 valence electrons.